The number of rotatable bonds is 6. The van der Waals surface area contributed by atoms with Gasteiger partial charge in [0.05, 0.1) is 18.4 Å². The second-order valence-electron chi connectivity index (χ2n) is 6.38. The minimum Gasteiger partial charge on any atom is -0.492 e. The fourth-order valence-corrected chi connectivity index (χ4v) is 2.97. The molecule has 0 spiro atoms. The molecule has 0 radical (unpaired) electrons. The molecule has 0 aliphatic carbocycles. The fourth-order valence-electron chi connectivity index (χ4n) is 2.97. The lowest BCUT2D eigenvalue weighted by Crippen LogP contribution is -2.55. The Morgan fingerprint density at radius 2 is 2.25 bits per heavy atom. The van der Waals surface area contributed by atoms with Gasteiger partial charge < -0.3 is 19.9 Å². The van der Waals surface area contributed by atoms with Crippen molar-refractivity contribution in [2.24, 2.45) is 12.0 Å². The van der Waals surface area contributed by atoms with Crippen LogP contribution < -0.4 is 15.0 Å². The van der Waals surface area contributed by atoms with Crippen molar-refractivity contribution >= 4 is 17.6 Å². The van der Waals surface area contributed by atoms with Crippen molar-refractivity contribution in [1.29, 1.82) is 0 Å². The molecule has 1 aromatic carbocycles. The van der Waals surface area contributed by atoms with Crippen molar-refractivity contribution in [1.82, 2.24) is 20.0 Å². The maximum Gasteiger partial charge on any atom is 0.246 e. The summed E-state index contributed by atoms with van der Waals surface area (Å²) in [6, 6.07) is 6.02. The van der Waals surface area contributed by atoms with E-state index in [1.54, 1.807) is 27.9 Å². The topological polar surface area (TPSA) is 75.0 Å². The molecule has 1 fully saturated rings. The molecule has 3 rings (SSSR count). The van der Waals surface area contributed by atoms with Gasteiger partial charge in [0, 0.05) is 38.9 Å². The molecule has 2 aromatic rings. The van der Waals surface area contributed by atoms with Crippen molar-refractivity contribution in [3.05, 3.63) is 42.5 Å². The van der Waals surface area contributed by atoms with Gasteiger partial charge in [-0.1, -0.05) is 6.07 Å². The summed E-state index contributed by atoms with van der Waals surface area (Å²) >= 11 is 0. The molecule has 1 aliphatic rings. The van der Waals surface area contributed by atoms with E-state index in [1.807, 2.05) is 25.1 Å². The zero-order valence-electron chi connectivity index (χ0n) is 16.1. The number of nitrogens with zero attached hydrogens (tertiary/aromatic N) is 5. The molecule has 8 nitrogen and oxygen atoms in total. The molecule has 1 aliphatic heterocycles. The Morgan fingerprint density at radius 1 is 1.39 bits per heavy atom. The Balaban J connectivity index is 1.56. The van der Waals surface area contributed by atoms with Gasteiger partial charge in [0.15, 0.2) is 5.96 Å². The minimum atomic E-state index is -0.334. The highest BCUT2D eigenvalue weighted by Gasteiger charge is 2.27. The van der Waals surface area contributed by atoms with Crippen LogP contribution in [0.5, 0.6) is 5.75 Å². The number of benzene rings is 1. The van der Waals surface area contributed by atoms with Gasteiger partial charge in [-0.15, -0.1) is 0 Å². The van der Waals surface area contributed by atoms with Gasteiger partial charge in [0.2, 0.25) is 5.91 Å². The Morgan fingerprint density at radius 3 is 2.93 bits per heavy atom. The van der Waals surface area contributed by atoms with E-state index in [-0.39, 0.29) is 18.3 Å². The number of carbonyl (C=O) groups is 1. The zero-order valence-corrected chi connectivity index (χ0v) is 16.1. The van der Waals surface area contributed by atoms with Crippen LogP contribution in [0.15, 0.2) is 41.7 Å². The lowest BCUT2D eigenvalue weighted by molar-refractivity contribution is -0.120. The molecule has 1 aromatic heterocycles. The van der Waals surface area contributed by atoms with E-state index in [2.05, 4.69) is 15.4 Å². The van der Waals surface area contributed by atoms with Gasteiger partial charge in [-0.2, -0.15) is 5.10 Å². The number of aliphatic imine (C=N–C) groups is 1. The molecule has 2 heterocycles. The van der Waals surface area contributed by atoms with E-state index >= 15 is 0 Å². The van der Waals surface area contributed by atoms with Crippen LogP contribution in [0.3, 0.4) is 0 Å². The van der Waals surface area contributed by atoms with Gasteiger partial charge in [-0.05, 0) is 19.1 Å². The molecule has 9 heteroatoms. The summed E-state index contributed by atoms with van der Waals surface area (Å²) in [4.78, 5) is 20.8. The smallest absolute Gasteiger partial charge is 0.246 e. The van der Waals surface area contributed by atoms with Crippen molar-refractivity contribution in [3.8, 4) is 5.75 Å². The summed E-state index contributed by atoms with van der Waals surface area (Å²) in [6.07, 6.45) is 3.52. The first-order valence-electron chi connectivity index (χ1n) is 9.27. The van der Waals surface area contributed by atoms with Crippen LogP contribution in [-0.4, -0.2) is 65.9 Å². The first-order valence-corrected chi connectivity index (χ1v) is 9.27. The summed E-state index contributed by atoms with van der Waals surface area (Å²) in [6.45, 7) is 4.86. The maximum absolute atomic E-state index is 13.2. The molecule has 28 heavy (non-hydrogen) atoms. The van der Waals surface area contributed by atoms with E-state index in [0.717, 1.165) is 5.69 Å². The summed E-state index contributed by atoms with van der Waals surface area (Å²) < 4.78 is 20.4. The third-order valence-electron chi connectivity index (χ3n) is 4.28. The van der Waals surface area contributed by atoms with E-state index in [9.17, 15) is 9.18 Å². The normalized spacial score (nSPS) is 15.1. The van der Waals surface area contributed by atoms with Gasteiger partial charge in [0.25, 0.3) is 0 Å². The number of guanidine groups is 1. The number of aromatic nitrogens is 2. The minimum absolute atomic E-state index is 0.000800. The zero-order chi connectivity index (χ0) is 19.9. The van der Waals surface area contributed by atoms with E-state index in [0.29, 0.717) is 44.5 Å². The van der Waals surface area contributed by atoms with Crippen LogP contribution in [0.25, 0.3) is 0 Å². The van der Waals surface area contributed by atoms with Crippen LogP contribution >= 0.6 is 0 Å². The van der Waals surface area contributed by atoms with Gasteiger partial charge in [-0.25, -0.2) is 9.38 Å². The number of anilines is 1. The summed E-state index contributed by atoms with van der Waals surface area (Å²) in [5.41, 5.74) is 0.803. The highest BCUT2D eigenvalue weighted by atomic mass is 19.1. The second-order valence-corrected chi connectivity index (χ2v) is 6.38. The number of ether oxygens (including phenoxy) is 1. The van der Waals surface area contributed by atoms with Crippen molar-refractivity contribution < 1.29 is 13.9 Å². The standard InChI is InChI=1S/C19H25FN6O2/c1-3-21-19(22-7-10-28-17-6-4-5-15(20)11-17)25-8-9-26(18(27)14-25)16-12-23-24(2)13-16/h4-6,11-13H,3,7-10,14H2,1-2H3,(H,21,22). The summed E-state index contributed by atoms with van der Waals surface area (Å²) in [5, 5.41) is 7.34. The third-order valence-corrected chi connectivity index (χ3v) is 4.28. The number of nitrogens with one attached hydrogen (secondary N) is 1. The number of aryl methyl sites for hydroxylation is 1. The monoisotopic (exact) mass is 388 g/mol. The molecule has 0 atom stereocenters. The van der Waals surface area contributed by atoms with Gasteiger partial charge in [0.1, 0.15) is 24.7 Å². The largest absolute Gasteiger partial charge is 0.492 e. The lowest BCUT2D eigenvalue weighted by Gasteiger charge is -2.35. The SMILES string of the molecule is CCNC(=NCCOc1cccc(F)c1)N1CCN(c2cnn(C)c2)C(=O)C1. The van der Waals surface area contributed by atoms with Crippen LogP contribution in [0.1, 0.15) is 6.92 Å². The average molecular weight is 388 g/mol. The predicted octanol–water partition coefficient (Wildman–Crippen LogP) is 1.25. The Hall–Kier alpha value is -3.10. The Bertz CT molecular complexity index is 837. The number of halogens is 1. The van der Waals surface area contributed by atoms with Gasteiger partial charge >= 0.3 is 0 Å². The molecule has 1 amide bonds. The van der Waals surface area contributed by atoms with Crippen LogP contribution in [0.2, 0.25) is 0 Å². The van der Waals surface area contributed by atoms with Crippen molar-refractivity contribution in [2.45, 2.75) is 6.92 Å². The highest BCUT2D eigenvalue weighted by molar-refractivity contribution is 5.98. The first-order chi connectivity index (χ1) is 13.6. The van der Waals surface area contributed by atoms with Crippen LogP contribution in [0, 0.1) is 5.82 Å². The third kappa shape index (κ3) is 4.99. The van der Waals surface area contributed by atoms with E-state index in [4.69, 9.17) is 4.74 Å². The number of hydrogen-bond donors (Lipinski definition) is 1. The molecular formula is C19H25FN6O2. The molecule has 0 unspecified atom stereocenters. The molecule has 1 saturated heterocycles. The van der Waals surface area contributed by atoms with Crippen molar-refractivity contribution in [3.63, 3.8) is 0 Å². The number of carbonyl (C=O) groups excluding carboxylic acids is 1. The van der Waals surface area contributed by atoms with Crippen LogP contribution in [0.4, 0.5) is 10.1 Å². The quantitative estimate of drug-likeness (QED) is 0.458. The Kier molecular flexibility index (Phi) is 6.46. The summed E-state index contributed by atoms with van der Waals surface area (Å²) in [5.74, 6) is 0.810. The van der Waals surface area contributed by atoms with E-state index in [1.165, 1.54) is 12.1 Å². The first kappa shape index (κ1) is 19.7. The van der Waals surface area contributed by atoms with Crippen LogP contribution in [-0.2, 0) is 11.8 Å². The molecule has 0 saturated carbocycles. The number of hydrogen-bond acceptors (Lipinski definition) is 4. The molecule has 1 N–H and O–H groups in total. The Labute approximate surface area is 163 Å². The number of amides is 1. The van der Waals surface area contributed by atoms with E-state index < -0.39 is 0 Å². The summed E-state index contributed by atoms with van der Waals surface area (Å²) in [7, 11) is 1.83. The lowest BCUT2D eigenvalue weighted by atomic mass is 10.3. The highest BCUT2D eigenvalue weighted by Crippen LogP contribution is 2.16. The molecule has 150 valence electrons. The second kappa shape index (κ2) is 9.20. The fraction of sp³-hybridized carbons (Fsp3) is 0.421. The maximum atomic E-state index is 13.2. The molecular weight excluding hydrogens is 363 g/mol. The predicted molar refractivity (Wildman–Crippen MR) is 105 cm³/mol. The number of piperazine rings is 1. The average Bonchev–Trinajstić information content (AvgIpc) is 3.10. The molecule has 0 bridgehead atoms. The van der Waals surface area contributed by atoms with Crippen molar-refractivity contribution in [2.75, 3.05) is 44.2 Å². The van der Waals surface area contributed by atoms with Gasteiger partial charge in [-0.3, -0.25) is 9.48 Å².